The van der Waals surface area contributed by atoms with Crippen LogP contribution in [0.25, 0.3) is 0 Å². The van der Waals surface area contributed by atoms with Crippen molar-refractivity contribution in [2.45, 2.75) is 19.4 Å². The number of nitrogens with zero attached hydrogens (tertiary/aromatic N) is 2. The third-order valence-electron chi connectivity index (χ3n) is 3.39. The quantitative estimate of drug-likeness (QED) is 0.619. The summed E-state index contributed by atoms with van der Waals surface area (Å²) in [6.07, 6.45) is 1.91. The summed E-state index contributed by atoms with van der Waals surface area (Å²) in [5, 5.41) is 13.5. The van der Waals surface area contributed by atoms with E-state index in [1.807, 2.05) is 6.92 Å². The first kappa shape index (κ1) is 14.2. The first-order chi connectivity index (χ1) is 9.49. The number of amides is 1. The molecule has 0 aliphatic carbocycles. The molecule has 2 unspecified atom stereocenters. The molecule has 1 aliphatic rings. The Labute approximate surface area is 115 Å². The summed E-state index contributed by atoms with van der Waals surface area (Å²) >= 11 is 0. The topological polar surface area (TPSA) is 120 Å². The van der Waals surface area contributed by atoms with Gasteiger partial charge in [-0.25, -0.2) is 4.98 Å². The Morgan fingerprint density at radius 2 is 2.45 bits per heavy atom. The molecular formula is C12H16N4O4. The van der Waals surface area contributed by atoms with Gasteiger partial charge in [-0.15, -0.1) is 0 Å². The highest BCUT2D eigenvalue weighted by Gasteiger charge is 2.25. The molecule has 108 valence electrons. The van der Waals surface area contributed by atoms with E-state index >= 15 is 0 Å². The van der Waals surface area contributed by atoms with Crippen molar-refractivity contribution in [3.05, 3.63) is 27.9 Å². The number of nitrogen functional groups attached to an aromatic ring is 1. The van der Waals surface area contributed by atoms with Crippen LogP contribution in [0.4, 0.5) is 11.5 Å². The highest BCUT2D eigenvalue weighted by atomic mass is 16.6. The third kappa shape index (κ3) is 3.02. The van der Waals surface area contributed by atoms with Crippen LogP contribution in [0.15, 0.2) is 12.3 Å². The SMILES string of the molecule is CC(NC(=O)c1cc([N+](=O)[O-])cnc1N)C1CCOC1. The van der Waals surface area contributed by atoms with Crippen LogP contribution < -0.4 is 11.1 Å². The summed E-state index contributed by atoms with van der Waals surface area (Å²) in [5.41, 5.74) is 5.36. The van der Waals surface area contributed by atoms with Crippen molar-refractivity contribution in [3.63, 3.8) is 0 Å². The van der Waals surface area contributed by atoms with Crippen LogP contribution in [0.1, 0.15) is 23.7 Å². The molecule has 1 aromatic heterocycles. The van der Waals surface area contributed by atoms with Gasteiger partial charge < -0.3 is 15.8 Å². The van der Waals surface area contributed by atoms with Crippen molar-refractivity contribution in [3.8, 4) is 0 Å². The van der Waals surface area contributed by atoms with E-state index in [1.165, 1.54) is 0 Å². The van der Waals surface area contributed by atoms with Gasteiger partial charge in [0.15, 0.2) is 0 Å². The van der Waals surface area contributed by atoms with Crippen molar-refractivity contribution in [2.24, 2.45) is 5.92 Å². The molecule has 0 bridgehead atoms. The summed E-state index contributed by atoms with van der Waals surface area (Å²) in [6.45, 7) is 3.16. The minimum Gasteiger partial charge on any atom is -0.383 e. The molecule has 1 saturated heterocycles. The second-order valence-electron chi connectivity index (χ2n) is 4.77. The zero-order chi connectivity index (χ0) is 14.7. The van der Waals surface area contributed by atoms with Gasteiger partial charge in [-0.1, -0.05) is 0 Å². The van der Waals surface area contributed by atoms with Gasteiger partial charge in [0.2, 0.25) is 0 Å². The maximum absolute atomic E-state index is 12.1. The minimum absolute atomic E-state index is 0.0185. The van der Waals surface area contributed by atoms with Gasteiger partial charge in [-0.3, -0.25) is 14.9 Å². The number of nitrogens with two attached hydrogens (primary N) is 1. The zero-order valence-electron chi connectivity index (χ0n) is 11.0. The molecule has 2 heterocycles. The summed E-state index contributed by atoms with van der Waals surface area (Å²) < 4.78 is 5.26. The Balaban J connectivity index is 2.11. The van der Waals surface area contributed by atoms with Crippen molar-refractivity contribution < 1.29 is 14.5 Å². The lowest BCUT2D eigenvalue weighted by Gasteiger charge is -2.19. The van der Waals surface area contributed by atoms with Crippen molar-refractivity contribution in [1.29, 1.82) is 0 Å². The molecule has 0 aromatic carbocycles. The number of ether oxygens (including phenoxy) is 1. The largest absolute Gasteiger partial charge is 0.383 e. The first-order valence-electron chi connectivity index (χ1n) is 6.27. The van der Waals surface area contributed by atoms with Crippen LogP contribution in [0.2, 0.25) is 0 Å². The van der Waals surface area contributed by atoms with E-state index in [0.29, 0.717) is 13.2 Å². The number of nitrogens with one attached hydrogen (secondary N) is 1. The predicted octanol–water partition coefficient (Wildman–Crippen LogP) is 0.727. The normalized spacial score (nSPS) is 19.6. The number of carbonyl (C=O) groups is 1. The van der Waals surface area contributed by atoms with Gasteiger partial charge in [0.25, 0.3) is 11.6 Å². The third-order valence-corrected chi connectivity index (χ3v) is 3.39. The van der Waals surface area contributed by atoms with Crippen LogP contribution in [0, 0.1) is 16.0 Å². The van der Waals surface area contributed by atoms with E-state index in [4.69, 9.17) is 10.5 Å². The van der Waals surface area contributed by atoms with Gasteiger partial charge in [-0.2, -0.15) is 0 Å². The lowest BCUT2D eigenvalue weighted by atomic mass is 10.0. The highest BCUT2D eigenvalue weighted by Crippen LogP contribution is 2.19. The minimum atomic E-state index is -0.614. The summed E-state index contributed by atoms with van der Waals surface area (Å²) in [5.74, 6) is -0.243. The van der Waals surface area contributed by atoms with Crippen LogP contribution in [-0.2, 0) is 4.74 Å². The van der Waals surface area contributed by atoms with Crippen LogP contribution in [0.3, 0.4) is 0 Å². The van der Waals surface area contributed by atoms with E-state index in [0.717, 1.165) is 18.7 Å². The molecule has 8 nitrogen and oxygen atoms in total. The highest BCUT2D eigenvalue weighted by molar-refractivity contribution is 5.99. The fraction of sp³-hybridized carbons (Fsp3) is 0.500. The van der Waals surface area contributed by atoms with Crippen LogP contribution >= 0.6 is 0 Å². The number of pyridine rings is 1. The molecule has 8 heteroatoms. The van der Waals surface area contributed by atoms with E-state index < -0.39 is 10.8 Å². The van der Waals surface area contributed by atoms with E-state index in [9.17, 15) is 14.9 Å². The lowest BCUT2D eigenvalue weighted by Crippen LogP contribution is -2.38. The lowest BCUT2D eigenvalue weighted by molar-refractivity contribution is -0.385. The Morgan fingerprint density at radius 3 is 3.05 bits per heavy atom. The van der Waals surface area contributed by atoms with E-state index in [1.54, 1.807) is 0 Å². The van der Waals surface area contributed by atoms with Crippen LogP contribution in [0.5, 0.6) is 0 Å². The van der Waals surface area contributed by atoms with Crippen LogP contribution in [-0.4, -0.2) is 35.1 Å². The molecule has 1 fully saturated rings. The summed E-state index contributed by atoms with van der Waals surface area (Å²) in [7, 11) is 0. The molecule has 2 rings (SSSR count). The Kier molecular flexibility index (Phi) is 4.14. The molecule has 2 atom stereocenters. The van der Waals surface area contributed by atoms with Gasteiger partial charge in [0.05, 0.1) is 17.1 Å². The number of nitro groups is 1. The van der Waals surface area contributed by atoms with Gasteiger partial charge in [0, 0.05) is 24.6 Å². The predicted molar refractivity (Wildman–Crippen MR) is 71.2 cm³/mol. The molecule has 0 spiro atoms. The average Bonchev–Trinajstić information content (AvgIpc) is 2.92. The number of carbonyl (C=O) groups excluding carboxylic acids is 1. The van der Waals surface area contributed by atoms with Gasteiger partial charge in [-0.05, 0) is 13.3 Å². The molecular weight excluding hydrogens is 264 g/mol. The maximum atomic E-state index is 12.1. The fourth-order valence-corrected chi connectivity index (χ4v) is 2.10. The second kappa shape index (κ2) is 5.83. The van der Waals surface area contributed by atoms with Gasteiger partial charge >= 0.3 is 0 Å². The standard InChI is InChI=1S/C12H16N4O4/c1-7(8-2-3-20-6-8)15-12(17)10-4-9(16(18)19)5-14-11(10)13/h4-5,7-8H,2-3,6H2,1H3,(H2,13,14)(H,15,17). The first-order valence-corrected chi connectivity index (χ1v) is 6.27. The number of hydrogen-bond acceptors (Lipinski definition) is 6. The molecule has 20 heavy (non-hydrogen) atoms. The molecule has 0 radical (unpaired) electrons. The number of anilines is 1. The Morgan fingerprint density at radius 1 is 1.70 bits per heavy atom. The Bertz CT molecular complexity index is 528. The summed E-state index contributed by atoms with van der Waals surface area (Å²) in [6, 6.07) is 1.04. The number of rotatable bonds is 4. The smallest absolute Gasteiger partial charge is 0.288 e. The Hall–Kier alpha value is -2.22. The molecule has 1 aromatic rings. The van der Waals surface area contributed by atoms with E-state index in [-0.39, 0.29) is 29.0 Å². The molecule has 3 N–H and O–H groups in total. The van der Waals surface area contributed by atoms with Crippen molar-refractivity contribution in [2.75, 3.05) is 18.9 Å². The zero-order valence-corrected chi connectivity index (χ0v) is 11.0. The number of aromatic nitrogens is 1. The fourth-order valence-electron chi connectivity index (χ4n) is 2.10. The molecule has 1 amide bonds. The van der Waals surface area contributed by atoms with Crippen molar-refractivity contribution >= 4 is 17.4 Å². The summed E-state index contributed by atoms with van der Waals surface area (Å²) in [4.78, 5) is 25.9. The van der Waals surface area contributed by atoms with Crippen molar-refractivity contribution in [1.82, 2.24) is 10.3 Å². The maximum Gasteiger partial charge on any atom is 0.288 e. The monoisotopic (exact) mass is 280 g/mol. The molecule has 0 saturated carbocycles. The van der Waals surface area contributed by atoms with Gasteiger partial charge in [0.1, 0.15) is 12.0 Å². The van der Waals surface area contributed by atoms with E-state index in [2.05, 4.69) is 10.3 Å². The second-order valence-corrected chi connectivity index (χ2v) is 4.77. The average molecular weight is 280 g/mol. The number of hydrogen-bond donors (Lipinski definition) is 2. The molecule has 1 aliphatic heterocycles.